The Hall–Kier alpha value is -2.11. The van der Waals surface area contributed by atoms with Crippen molar-refractivity contribution in [1.82, 2.24) is 9.55 Å². The number of anilines is 2. The van der Waals surface area contributed by atoms with Crippen LogP contribution in [-0.2, 0) is 4.74 Å². The van der Waals surface area contributed by atoms with Gasteiger partial charge in [-0.1, -0.05) is 23.9 Å². The summed E-state index contributed by atoms with van der Waals surface area (Å²) in [4.78, 5) is 27.6. The minimum absolute atomic E-state index is 0.154. The van der Waals surface area contributed by atoms with E-state index in [9.17, 15) is 24.9 Å². The van der Waals surface area contributed by atoms with Gasteiger partial charge in [0, 0.05) is 4.90 Å². The zero-order chi connectivity index (χ0) is 17.7. The molecule has 1 fully saturated rings. The highest BCUT2D eigenvalue weighted by molar-refractivity contribution is 7.99. The monoisotopic (exact) mass is 365 g/mol. The molecular weight excluding hydrogens is 350 g/mol. The molecule has 0 aliphatic carbocycles. The van der Waals surface area contributed by atoms with Crippen molar-refractivity contribution >= 4 is 23.1 Å². The fourth-order valence-electron chi connectivity index (χ4n) is 2.96. The predicted octanol–water partition coefficient (Wildman–Crippen LogP) is -0.644. The van der Waals surface area contributed by atoms with Gasteiger partial charge in [-0.3, -0.25) is 14.3 Å². The van der Waals surface area contributed by atoms with Gasteiger partial charge >= 0.3 is 5.69 Å². The van der Waals surface area contributed by atoms with Crippen molar-refractivity contribution in [2.24, 2.45) is 0 Å². The second-order valence-corrected chi connectivity index (χ2v) is 6.79. The molecule has 132 valence electrons. The maximum absolute atomic E-state index is 12.4. The summed E-state index contributed by atoms with van der Waals surface area (Å²) in [5.74, 6) is 0. The van der Waals surface area contributed by atoms with Crippen LogP contribution in [0.25, 0.3) is 0 Å². The highest BCUT2D eigenvalue weighted by Gasteiger charge is 2.45. The Kier molecular flexibility index (Phi) is 3.93. The molecule has 2 aliphatic rings. The molecule has 1 saturated heterocycles. The van der Waals surface area contributed by atoms with Crippen LogP contribution in [0.3, 0.4) is 0 Å². The second-order valence-electron chi connectivity index (χ2n) is 5.76. The van der Waals surface area contributed by atoms with Gasteiger partial charge in [-0.25, -0.2) is 4.79 Å². The fourth-order valence-corrected chi connectivity index (χ4v) is 4.08. The quantitative estimate of drug-likeness (QED) is 0.378. The van der Waals surface area contributed by atoms with Crippen LogP contribution < -0.4 is 16.6 Å². The Bertz CT molecular complexity index is 942. The molecule has 9 nitrogen and oxygen atoms in total. The first-order valence-corrected chi connectivity index (χ1v) is 8.38. The number of fused-ring (bicyclic) bond motifs is 2. The molecule has 0 unspecified atom stereocenters. The first-order valence-electron chi connectivity index (χ1n) is 7.56. The molecule has 0 amide bonds. The van der Waals surface area contributed by atoms with E-state index in [0.29, 0.717) is 0 Å². The molecule has 3 heterocycles. The number of ether oxygens (including phenoxy) is 1. The van der Waals surface area contributed by atoms with Gasteiger partial charge in [-0.05, 0) is 12.1 Å². The predicted molar refractivity (Wildman–Crippen MR) is 88.2 cm³/mol. The van der Waals surface area contributed by atoms with E-state index in [1.807, 2.05) is 18.2 Å². The van der Waals surface area contributed by atoms with E-state index in [-0.39, 0.29) is 10.7 Å². The molecule has 2 aromatic rings. The van der Waals surface area contributed by atoms with Crippen LogP contribution in [0, 0.1) is 0 Å². The summed E-state index contributed by atoms with van der Waals surface area (Å²) in [5.41, 5.74) is -0.491. The summed E-state index contributed by atoms with van der Waals surface area (Å²) >= 11 is 1.18. The van der Waals surface area contributed by atoms with Gasteiger partial charge in [-0.15, -0.1) is 0 Å². The molecule has 4 rings (SSSR count). The smallest absolute Gasteiger partial charge is 0.331 e. The Balaban J connectivity index is 1.86. The lowest BCUT2D eigenvalue weighted by atomic mass is 10.1. The topological polar surface area (TPSA) is 137 Å². The lowest BCUT2D eigenvalue weighted by molar-refractivity contribution is -0.0588. The van der Waals surface area contributed by atoms with Gasteiger partial charge in [0.2, 0.25) is 0 Å². The summed E-state index contributed by atoms with van der Waals surface area (Å²) < 4.78 is 6.54. The fraction of sp³-hybridized carbons (Fsp3) is 0.333. The molecule has 1 aromatic heterocycles. The molecule has 10 heteroatoms. The third-order valence-electron chi connectivity index (χ3n) is 4.22. The van der Waals surface area contributed by atoms with Crippen LogP contribution >= 0.6 is 11.8 Å². The summed E-state index contributed by atoms with van der Waals surface area (Å²) in [6.45, 7) is -0.511. The number of nitrogens with zero attached hydrogens (tertiary/aromatic N) is 1. The first-order chi connectivity index (χ1) is 12.0. The summed E-state index contributed by atoms with van der Waals surface area (Å²) in [6.07, 6.45) is -5.03. The van der Waals surface area contributed by atoms with Crippen LogP contribution in [0.5, 0.6) is 0 Å². The van der Waals surface area contributed by atoms with E-state index in [4.69, 9.17) is 4.74 Å². The van der Waals surface area contributed by atoms with Crippen molar-refractivity contribution in [2.45, 2.75) is 34.5 Å². The zero-order valence-corrected chi connectivity index (χ0v) is 13.6. The minimum atomic E-state index is -1.43. The maximum Gasteiger partial charge on any atom is 0.331 e. The van der Waals surface area contributed by atoms with Gasteiger partial charge in [0.25, 0.3) is 5.56 Å². The van der Waals surface area contributed by atoms with E-state index in [1.54, 1.807) is 6.07 Å². The number of H-pyrrole nitrogens is 1. The van der Waals surface area contributed by atoms with E-state index in [2.05, 4.69) is 10.3 Å². The maximum atomic E-state index is 12.4. The summed E-state index contributed by atoms with van der Waals surface area (Å²) in [7, 11) is 0. The average Bonchev–Trinajstić information content (AvgIpc) is 2.89. The van der Waals surface area contributed by atoms with Crippen LogP contribution in [0.1, 0.15) is 6.23 Å². The highest BCUT2D eigenvalue weighted by Crippen LogP contribution is 2.43. The van der Waals surface area contributed by atoms with Gasteiger partial charge in [0.15, 0.2) is 6.23 Å². The number of benzene rings is 1. The van der Waals surface area contributed by atoms with Crippen LogP contribution in [-0.4, -0.2) is 49.8 Å². The van der Waals surface area contributed by atoms with Crippen molar-refractivity contribution in [3.8, 4) is 0 Å². The van der Waals surface area contributed by atoms with Gasteiger partial charge in [0.1, 0.15) is 29.0 Å². The molecule has 0 bridgehead atoms. The van der Waals surface area contributed by atoms with Gasteiger partial charge < -0.3 is 25.4 Å². The van der Waals surface area contributed by atoms with Gasteiger partial charge in [-0.2, -0.15) is 0 Å². The molecule has 2 aliphatic heterocycles. The molecule has 0 spiro atoms. The number of rotatable bonds is 2. The molecule has 0 saturated carbocycles. The SMILES string of the molecule is O=c1[nH]c(=O)n([C@@H]2O[C@H](CO)[C@@H](O)[C@H]2O)c2c1Nc1ccccc1S2. The average molecular weight is 365 g/mol. The number of aliphatic hydroxyl groups is 3. The van der Waals surface area contributed by atoms with Crippen LogP contribution in [0.15, 0.2) is 43.8 Å². The third-order valence-corrected chi connectivity index (χ3v) is 5.39. The summed E-state index contributed by atoms with van der Waals surface area (Å²) in [6, 6.07) is 7.25. The van der Waals surface area contributed by atoms with E-state index >= 15 is 0 Å². The molecular formula is C15H15N3O6S. The lowest BCUT2D eigenvalue weighted by Gasteiger charge is -2.26. The molecule has 5 N–H and O–H groups in total. The van der Waals surface area contributed by atoms with Gasteiger partial charge in [0.05, 0.1) is 12.3 Å². The largest absolute Gasteiger partial charge is 0.394 e. The molecule has 25 heavy (non-hydrogen) atoms. The second kappa shape index (κ2) is 6.00. The minimum Gasteiger partial charge on any atom is -0.394 e. The molecule has 1 aromatic carbocycles. The molecule has 0 radical (unpaired) electrons. The van der Waals surface area contributed by atoms with Crippen molar-refractivity contribution in [1.29, 1.82) is 0 Å². The standard InChI is InChI=1S/C15H15N3O6S/c19-5-7-10(20)11(21)13(24-7)18-14-9(12(22)17-15(18)23)16-6-3-1-2-4-8(6)25-14/h1-4,7,10-11,13,16,19-21H,5H2,(H,17,22,23)/t7-,10-,11-,13-/m1/s1. The number of para-hydroxylation sites is 1. The first kappa shape index (κ1) is 16.4. The summed E-state index contributed by atoms with van der Waals surface area (Å²) in [5, 5.41) is 32.7. The molecule has 4 atom stereocenters. The highest BCUT2D eigenvalue weighted by atomic mass is 32.2. The van der Waals surface area contributed by atoms with Crippen molar-refractivity contribution in [3.63, 3.8) is 0 Å². The third kappa shape index (κ3) is 2.50. The number of hydrogen-bond acceptors (Lipinski definition) is 8. The lowest BCUT2D eigenvalue weighted by Crippen LogP contribution is -2.40. The Morgan fingerprint density at radius 2 is 1.96 bits per heavy atom. The number of hydrogen-bond donors (Lipinski definition) is 5. The normalized spacial score (nSPS) is 27.5. The van der Waals surface area contributed by atoms with E-state index in [1.165, 1.54) is 11.8 Å². The van der Waals surface area contributed by atoms with E-state index in [0.717, 1.165) is 15.1 Å². The number of nitrogens with one attached hydrogen (secondary N) is 2. The van der Waals surface area contributed by atoms with Crippen molar-refractivity contribution in [3.05, 3.63) is 45.1 Å². The van der Waals surface area contributed by atoms with Crippen molar-refractivity contribution in [2.75, 3.05) is 11.9 Å². The van der Waals surface area contributed by atoms with Crippen LogP contribution in [0.4, 0.5) is 11.4 Å². The van der Waals surface area contributed by atoms with Crippen molar-refractivity contribution < 1.29 is 20.1 Å². The number of aliphatic hydroxyl groups excluding tert-OH is 3. The number of aromatic amines is 1. The van der Waals surface area contributed by atoms with Crippen LogP contribution in [0.2, 0.25) is 0 Å². The zero-order valence-electron chi connectivity index (χ0n) is 12.7. The Labute approximate surface area is 144 Å². The van der Waals surface area contributed by atoms with E-state index < -0.39 is 42.4 Å². The number of aromatic nitrogens is 2. The Morgan fingerprint density at radius 1 is 1.20 bits per heavy atom. The Morgan fingerprint density at radius 3 is 2.68 bits per heavy atom.